The topological polar surface area (TPSA) is 102 Å². The Labute approximate surface area is 172 Å². The van der Waals surface area contributed by atoms with Gasteiger partial charge >= 0.3 is 12.1 Å². The Hall–Kier alpha value is -1.30. The normalized spacial score (nSPS) is 13.8. The van der Waals surface area contributed by atoms with Gasteiger partial charge in [-0.25, -0.2) is 4.79 Å². The van der Waals surface area contributed by atoms with Gasteiger partial charge in [0.1, 0.15) is 5.60 Å². The molecule has 0 aromatic carbocycles. The summed E-state index contributed by atoms with van der Waals surface area (Å²) in [6, 6.07) is 0. The molecule has 1 atom stereocenters. The zero-order chi connectivity index (χ0) is 21.5. The molecule has 1 unspecified atom stereocenters. The van der Waals surface area contributed by atoms with Gasteiger partial charge in [0.05, 0.1) is 0 Å². The average molecular weight is 401 g/mol. The van der Waals surface area contributed by atoms with Crippen LogP contribution in [0, 0.1) is 0 Å². The summed E-state index contributed by atoms with van der Waals surface area (Å²) in [5, 5.41) is 11.8. The molecule has 4 N–H and O–H groups in total. The number of carbonyl (C=O) groups excluding carboxylic acids is 1. The minimum Gasteiger partial charge on any atom is -0.481 e. The van der Waals surface area contributed by atoms with Crippen LogP contribution >= 0.6 is 0 Å². The Morgan fingerprint density at radius 1 is 0.893 bits per heavy atom. The van der Waals surface area contributed by atoms with Crippen molar-refractivity contribution in [1.29, 1.82) is 0 Å². The highest BCUT2D eigenvalue weighted by molar-refractivity contribution is 5.67. The van der Waals surface area contributed by atoms with Crippen LogP contribution in [0.4, 0.5) is 4.79 Å². The summed E-state index contributed by atoms with van der Waals surface area (Å²) < 4.78 is 5.22. The van der Waals surface area contributed by atoms with Crippen LogP contribution in [-0.2, 0) is 9.53 Å². The fraction of sp³-hybridized carbons (Fsp3) is 0.909. The van der Waals surface area contributed by atoms with Crippen molar-refractivity contribution in [1.82, 2.24) is 5.32 Å². The second kappa shape index (κ2) is 14.7. The van der Waals surface area contributed by atoms with E-state index in [0.29, 0.717) is 25.8 Å². The number of nitrogens with one attached hydrogen (secondary N) is 1. The minimum atomic E-state index is -0.808. The number of unbranched alkanes of at least 4 members (excludes halogenated alkanes) is 7. The van der Waals surface area contributed by atoms with Crippen molar-refractivity contribution < 1.29 is 19.4 Å². The zero-order valence-electron chi connectivity index (χ0n) is 18.6. The van der Waals surface area contributed by atoms with E-state index in [1.54, 1.807) is 0 Å². The highest BCUT2D eigenvalue weighted by Crippen LogP contribution is 2.24. The van der Waals surface area contributed by atoms with E-state index in [-0.39, 0.29) is 6.42 Å². The summed E-state index contributed by atoms with van der Waals surface area (Å²) in [5.41, 5.74) is 5.55. The number of amides is 1. The third-order valence-electron chi connectivity index (χ3n) is 4.88. The summed E-state index contributed by atoms with van der Waals surface area (Å²) in [6.45, 7) is 8.19. The molecular formula is C22H44N2O4. The molecule has 0 aliphatic carbocycles. The van der Waals surface area contributed by atoms with Crippen molar-refractivity contribution in [3.05, 3.63) is 0 Å². The second-order valence-electron chi connectivity index (χ2n) is 9.01. The van der Waals surface area contributed by atoms with Crippen molar-refractivity contribution >= 4 is 12.1 Å². The zero-order valence-corrected chi connectivity index (χ0v) is 18.6. The maximum absolute atomic E-state index is 11.7. The number of aliphatic carboxylic acids is 1. The van der Waals surface area contributed by atoms with E-state index < -0.39 is 23.2 Å². The molecule has 28 heavy (non-hydrogen) atoms. The van der Waals surface area contributed by atoms with Gasteiger partial charge < -0.3 is 20.9 Å². The van der Waals surface area contributed by atoms with Gasteiger partial charge in [-0.2, -0.15) is 0 Å². The number of rotatable bonds is 16. The first-order valence-electron chi connectivity index (χ1n) is 11.1. The fourth-order valence-corrected chi connectivity index (χ4v) is 3.29. The Morgan fingerprint density at radius 2 is 1.43 bits per heavy atom. The Bertz CT molecular complexity index is 435. The maximum Gasteiger partial charge on any atom is 0.407 e. The average Bonchev–Trinajstić information content (AvgIpc) is 2.58. The van der Waals surface area contributed by atoms with E-state index in [2.05, 4.69) is 12.2 Å². The first kappa shape index (κ1) is 26.7. The second-order valence-corrected chi connectivity index (χ2v) is 9.01. The van der Waals surface area contributed by atoms with Crippen LogP contribution in [0.5, 0.6) is 0 Å². The van der Waals surface area contributed by atoms with Crippen molar-refractivity contribution in [3.63, 3.8) is 0 Å². The molecule has 0 fully saturated rings. The molecular weight excluding hydrogens is 356 g/mol. The molecule has 0 aromatic rings. The molecule has 6 nitrogen and oxygen atoms in total. The Balaban J connectivity index is 4.17. The molecule has 0 aromatic heterocycles. The third kappa shape index (κ3) is 16.8. The quantitative estimate of drug-likeness (QED) is 0.302. The van der Waals surface area contributed by atoms with Crippen molar-refractivity contribution in [2.24, 2.45) is 5.73 Å². The molecule has 0 bridgehead atoms. The molecule has 0 rings (SSSR count). The number of hydrogen-bond acceptors (Lipinski definition) is 4. The van der Waals surface area contributed by atoms with E-state index in [0.717, 1.165) is 19.3 Å². The number of nitrogens with two attached hydrogens (primary N) is 1. The van der Waals surface area contributed by atoms with Crippen molar-refractivity contribution in [2.75, 3.05) is 6.54 Å². The van der Waals surface area contributed by atoms with Gasteiger partial charge in [-0.15, -0.1) is 0 Å². The number of carbonyl (C=O) groups is 2. The van der Waals surface area contributed by atoms with Crippen LogP contribution in [0.3, 0.4) is 0 Å². The monoisotopic (exact) mass is 400 g/mol. The van der Waals surface area contributed by atoms with E-state index >= 15 is 0 Å². The molecule has 0 spiro atoms. The van der Waals surface area contributed by atoms with Gasteiger partial charge in [0.2, 0.25) is 0 Å². The number of alkyl carbamates (subject to hydrolysis) is 1. The lowest BCUT2D eigenvalue weighted by molar-refractivity contribution is -0.137. The molecule has 0 aliphatic rings. The summed E-state index contributed by atoms with van der Waals surface area (Å²) in [6.07, 6.45) is 12.3. The summed E-state index contributed by atoms with van der Waals surface area (Å²) in [7, 11) is 0. The van der Waals surface area contributed by atoms with Gasteiger partial charge in [-0.1, -0.05) is 58.3 Å². The Morgan fingerprint density at radius 3 is 1.96 bits per heavy atom. The van der Waals surface area contributed by atoms with E-state index in [1.807, 2.05) is 20.8 Å². The van der Waals surface area contributed by atoms with Crippen LogP contribution in [-0.4, -0.2) is 34.9 Å². The molecule has 0 radical (unpaired) electrons. The lowest BCUT2D eigenvalue weighted by atomic mass is 9.84. The highest BCUT2D eigenvalue weighted by Gasteiger charge is 2.25. The summed E-state index contributed by atoms with van der Waals surface area (Å²) in [4.78, 5) is 22.7. The third-order valence-corrected chi connectivity index (χ3v) is 4.88. The van der Waals surface area contributed by atoms with Crippen LogP contribution in [0.15, 0.2) is 0 Å². The number of hydrogen-bond donors (Lipinski definition) is 3. The summed E-state index contributed by atoms with van der Waals surface area (Å²) in [5.74, 6) is -0.808. The molecule has 0 aliphatic heterocycles. The maximum atomic E-state index is 11.7. The predicted molar refractivity (Wildman–Crippen MR) is 114 cm³/mol. The lowest BCUT2D eigenvalue weighted by Gasteiger charge is -2.29. The molecule has 6 heteroatoms. The fourth-order valence-electron chi connectivity index (χ4n) is 3.29. The highest BCUT2D eigenvalue weighted by atomic mass is 16.6. The molecule has 0 saturated heterocycles. The van der Waals surface area contributed by atoms with Gasteiger partial charge in [-0.3, -0.25) is 4.79 Å². The first-order valence-corrected chi connectivity index (χ1v) is 11.1. The molecule has 166 valence electrons. The SMILES string of the molecule is CCCCCCCCCCC(N)(CCCNC(=O)OC(C)(C)C)CCC(=O)O. The van der Waals surface area contributed by atoms with Crippen LogP contribution in [0.2, 0.25) is 0 Å². The lowest BCUT2D eigenvalue weighted by Crippen LogP contribution is -2.41. The molecule has 0 heterocycles. The largest absolute Gasteiger partial charge is 0.481 e. The Kier molecular flexibility index (Phi) is 14.0. The number of ether oxygens (including phenoxy) is 1. The van der Waals surface area contributed by atoms with Crippen molar-refractivity contribution in [2.45, 2.75) is 122 Å². The van der Waals surface area contributed by atoms with Gasteiger partial charge in [-0.05, 0) is 46.5 Å². The summed E-state index contributed by atoms with van der Waals surface area (Å²) >= 11 is 0. The van der Waals surface area contributed by atoms with E-state index in [9.17, 15) is 9.59 Å². The van der Waals surface area contributed by atoms with E-state index in [4.69, 9.17) is 15.6 Å². The minimum absolute atomic E-state index is 0.0903. The van der Waals surface area contributed by atoms with Gasteiger partial charge in [0.25, 0.3) is 0 Å². The van der Waals surface area contributed by atoms with Crippen LogP contribution in [0.1, 0.15) is 111 Å². The molecule has 1 amide bonds. The number of carboxylic acid groups (broad SMARTS) is 1. The van der Waals surface area contributed by atoms with Gasteiger partial charge in [0.15, 0.2) is 0 Å². The van der Waals surface area contributed by atoms with Gasteiger partial charge in [0, 0.05) is 18.5 Å². The predicted octanol–water partition coefficient (Wildman–Crippen LogP) is 5.38. The molecule has 0 saturated carbocycles. The van der Waals surface area contributed by atoms with Crippen LogP contribution < -0.4 is 11.1 Å². The van der Waals surface area contributed by atoms with E-state index in [1.165, 1.54) is 38.5 Å². The first-order chi connectivity index (χ1) is 13.1. The van der Waals surface area contributed by atoms with Crippen molar-refractivity contribution in [3.8, 4) is 0 Å². The smallest absolute Gasteiger partial charge is 0.407 e. The van der Waals surface area contributed by atoms with Crippen LogP contribution in [0.25, 0.3) is 0 Å². The number of carboxylic acids is 1. The standard InChI is InChI=1S/C22H44N2O4/c1-5-6-7-8-9-10-11-12-15-22(23,17-14-19(25)26)16-13-18-24-20(27)28-21(2,3)4/h5-18,23H2,1-4H3,(H,24,27)(H,25,26).